The summed E-state index contributed by atoms with van der Waals surface area (Å²) in [6.07, 6.45) is 1.11. The molecule has 0 aliphatic rings. The number of fused-ring (bicyclic) bond motifs is 1. The SMILES string of the molecule is Cc1cc2occ(O)c2c(=O)o1. The fourth-order valence-electron chi connectivity index (χ4n) is 1.09. The molecule has 2 aromatic heterocycles. The molecule has 0 radical (unpaired) electrons. The molecular weight excluding hydrogens is 160 g/mol. The summed E-state index contributed by atoms with van der Waals surface area (Å²) < 4.78 is 9.65. The van der Waals surface area contributed by atoms with Crippen LogP contribution in [0.4, 0.5) is 0 Å². The van der Waals surface area contributed by atoms with Gasteiger partial charge in [-0.15, -0.1) is 0 Å². The Hall–Kier alpha value is -1.71. The second kappa shape index (κ2) is 2.14. The Bertz CT molecular complexity index is 477. The first-order valence-corrected chi connectivity index (χ1v) is 3.39. The second-order valence-electron chi connectivity index (χ2n) is 2.50. The lowest BCUT2D eigenvalue weighted by Gasteiger charge is -1.89. The van der Waals surface area contributed by atoms with Gasteiger partial charge >= 0.3 is 5.63 Å². The Balaban J connectivity index is 3.03. The van der Waals surface area contributed by atoms with Crippen LogP contribution in [0.15, 0.2) is 26.0 Å². The summed E-state index contributed by atoms with van der Waals surface area (Å²) in [4.78, 5) is 11.1. The Morgan fingerprint density at radius 1 is 1.50 bits per heavy atom. The first-order valence-electron chi connectivity index (χ1n) is 3.39. The molecule has 0 amide bonds. The van der Waals surface area contributed by atoms with Crippen LogP contribution in [0.1, 0.15) is 5.76 Å². The van der Waals surface area contributed by atoms with Crippen molar-refractivity contribution < 1.29 is 13.9 Å². The molecule has 2 heterocycles. The molecule has 1 N–H and O–H groups in total. The third-order valence-corrected chi connectivity index (χ3v) is 1.59. The topological polar surface area (TPSA) is 63.6 Å². The zero-order valence-corrected chi connectivity index (χ0v) is 6.33. The fourth-order valence-corrected chi connectivity index (χ4v) is 1.09. The molecule has 4 heteroatoms. The number of rotatable bonds is 0. The highest BCUT2D eigenvalue weighted by Gasteiger charge is 2.10. The van der Waals surface area contributed by atoms with E-state index in [0.29, 0.717) is 11.3 Å². The minimum absolute atomic E-state index is 0.0978. The van der Waals surface area contributed by atoms with Crippen molar-refractivity contribution in [1.29, 1.82) is 0 Å². The molecule has 12 heavy (non-hydrogen) atoms. The molecule has 0 fully saturated rings. The molecule has 0 bridgehead atoms. The quantitative estimate of drug-likeness (QED) is 0.642. The molecular formula is C8H6O4. The van der Waals surface area contributed by atoms with Gasteiger partial charge in [0.1, 0.15) is 23.0 Å². The van der Waals surface area contributed by atoms with Crippen molar-refractivity contribution in [3.05, 3.63) is 28.5 Å². The number of furan rings is 1. The van der Waals surface area contributed by atoms with Gasteiger partial charge < -0.3 is 13.9 Å². The Kier molecular flexibility index (Phi) is 1.24. The van der Waals surface area contributed by atoms with Crippen molar-refractivity contribution in [2.45, 2.75) is 6.92 Å². The van der Waals surface area contributed by atoms with Crippen LogP contribution < -0.4 is 5.63 Å². The highest BCUT2D eigenvalue weighted by molar-refractivity contribution is 5.82. The molecule has 62 valence electrons. The van der Waals surface area contributed by atoms with Gasteiger partial charge in [-0.25, -0.2) is 4.79 Å². The van der Waals surface area contributed by atoms with E-state index >= 15 is 0 Å². The van der Waals surface area contributed by atoms with E-state index in [0.717, 1.165) is 6.26 Å². The lowest BCUT2D eigenvalue weighted by Crippen LogP contribution is -1.98. The predicted octanol–water partition coefficient (Wildman–Crippen LogP) is 1.40. The van der Waals surface area contributed by atoms with Gasteiger partial charge in [-0.1, -0.05) is 0 Å². The molecule has 2 rings (SSSR count). The Morgan fingerprint density at radius 2 is 2.25 bits per heavy atom. The van der Waals surface area contributed by atoms with Crippen molar-refractivity contribution in [3.63, 3.8) is 0 Å². The average Bonchev–Trinajstić information content (AvgIpc) is 2.31. The van der Waals surface area contributed by atoms with Gasteiger partial charge in [-0.2, -0.15) is 0 Å². The minimum atomic E-state index is -0.573. The molecule has 0 aromatic carbocycles. The van der Waals surface area contributed by atoms with Gasteiger partial charge in [0.2, 0.25) is 0 Å². The summed E-state index contributed by atoms with van der Waals surface area (Å²) in [5, 5.41) is 9.23. The van der Waals surface area contributed by atoms with Crippen molar-refractivity contribution in [1.82, 2.24) is 0 Å². The van der Waals surface area contributed by atoms with Gasteiger partial charge in [-0.3, -0.25) is 0 Å². The number of aryl methyl sites for hydroxylation is 1. The van der Waals surface area contributed by atoms with Gasteiger partial charge in [-0.05, 0) is 6.92 Å². The zero-order chi connectivity index (χ0) is 8.72. The normalized spacial score (nSPS) is 10.8. The van der Waals surface area contributed by atoms with Crippen LogP contribution in [-0.4, -0.2) is 5.11 Å². The summed E-state index contributed by atoms with van der Waals surface area (Å²) in [6, 6.07) is 1.55. The number of hydrogen-bond donors (Lipinski definition) is 1. The van der Waals surface area contributed by atoms with Gasteiger partial charge in [0.05, 0.1) is 0 Å². The standard InChI is InChI=1S/C8H6O4/c1-4-2-6-7(8(10)12-4)5(9)3-11-6/h2-3,9H,1H3. The molecule has 0 aliphatic carbocycles. The van der Waals surface area contributed by atoms with E-state index in [9.17, 15) is 4.79 Å². The zero-order valence-electron chi connectivity index (χ0n) is 6.33. The maximum Gasteiger partial charge on any atom is 0.350 e. The summed E-state index contributed by atoms with van der Waals surface area (Å²) >= 11 is 0. The third kappa shape index (κ3) is 0.812. The molecule has 4 nitrogen and oxygen atoms in total. The van der Waals surface area contributed by atoms with Crippen LogP contribution in [0.5, 0.6) is 5.75 Å². The maximum absolute atomic E-state index is 11.1. The fraction of sp³-hybridized carbons (Fsp3) is 0.125. The van der Waals surface area contributed by atoms with E-state index in [2.05, 4.69) is 0 Å². The molecule has 0 saturated carbocycles. The molecule has 0 aliphatic heterocycles. The van der Waals surface area contributed by atoms with Gasteiger partial charge in [0.15, 0.2) is 5.75 Å². The average molecular weight is 166 g/mol. The van der Waals surface area contributed by atoms with Crippen LogP contribution in [-0.2, 0) is 0 Å². The molecule has 0 saturated heterocycles. The van der Waals surface area contributed by atoms with E-state index in [1.807, 2.05) is 0 Å². The van der Waals surface area contributed by atoms with Crippen molar-refractivity contribution in [2.75, 3.05) is 0 Å². The van der Waals surface area contributed by atoms with Crippen LogP contribution in [0, 0.1) is 6.92 Å². The lowest BCUT2D eigenvalue weighted by molar-refractivity contribution is 0.461. The summed E-state index contributed by atoms with van der Waals surface area (Å²) in [7, 11) is 0. The largest absolute Gasteiger partial charge is 0.504 e. The van der Waals surface area contributed by atoms with Crippen molar-refractivity contribution in [3.8, 4) is 5.75 Å². The molecule has 0 spiro atoms. The van der Waals surface area contributed by atoms with Crippen molar-refractivity contribution >= 4 is 11.0 Å². The van der Waals surface area contributed by atoms with E-state index in [1.54, 1.807) is 13.0 Å². The van der Waals surface area contributed by atoms with Crippen LogP contribution >= 0.6 is 0 Å². The molecule has 0 atom stereocenters. The van der Waals surface area contributed by atoms with E-state index in [-0.39, 0.29) is 11.1 Å². The lowest BCUT2D eigenvalue weighted by atomic mass is 10.3. The predicted molar refractivity (Wildman–Crippen MR) is 41.2 cm³/mol. The van der Waals surface area contributed by atoms with E-state index in [4.69, 9.17) is 13.9 Å². The van der Waals surface area contributed by atoms with E-state index in [1.165, 1.54) is 0 Å². The molecule has 0 unspecified atom stereocenters. The van der Waals surface area contributed by atoms with Crippen LogP contribution in [0.25, 0.3) is 11.0 Å². The second-order valence-corrected chi connectivity index (χ2v) is 2.50. The minimum Gasteiger partial charge on any atom is -0.504 e. The first-order chi connectivity index (χ1) is 5.68. The number of aromatic hydroxyl groups is 1. The third-order valence-electron chi connectivity index (χ3n) is 1.59. The molecule has 2 aromatic rings. The highest BCUT2D eigenvalue weighted by atomic mass is 16.4. The monoisotopic (exact) mass is 166 g/mol. The Morgan fingerprint density at radius 3 is 3.00 bits per heavy atom. The summed E-state index contributed by atoms with van der Waals surface area (Å²) in [6.45, 7) is 1.64. The summed E-state index contributed by atoms with van der Waals surface area (Å²) in [5.74, 6) is 0.278. The van der Waals surface area contributed by atoms with Gasteiger partial charge in [0, 0.05) is 6.07 Å². The smallest absolute Gasteiger partial charge is 0.350 e. The van der Waals surface area contributed by atoms with Crippen molar-refractivity contribution in [2.24, 2.45) is 0 Å². The van der Waals surface area contributed by atoms with Crippen LogP contribution in [0.3, 0.4) is 0 Å². The highest BCUT2D eigenvalue weighted by Crippen LogP contribution is 2.23. The number of hydrogen-bond acceptors (Lipinski definition) is 4. The summed E-state index contributed by atoms with van der Waals surface area (Å²) in [5.41, 5.74) is -0.225. The van der Waals surface area contributed by atoms with E-state index < -0.39 is 5.63 Å². The van der Waals surface area contributed by atoms with Gasteiger partial charge in [0.25, 0.3) is 0 Å². The maximum atomic E-state index is 11.1. The Labute approximate surface area is 67.0 Å². The van der Waals surface area contributed by atoms with Crippen LogP contribution in [0.2, 0.25) is 0 Å². The first kappa shape index (κ1) is 6.97.